The van der Waals surface area contributed by atoms with Gasteiger partial charge in [0.05, 0.1) is 0 Å². The summed E-state index contributed by atoms with van der Waals surface area (Å²) in [5.74, 6) is 2.28. The van der Waals surface area contributed by atoms with Crippen molar-refractivity contribution in [3.63, 3.8) is 0 Å². The van der Waals surface area contributed by atoms with Crippen molar-refractivity contribution in [3.05, 3.63) is 59.7 Å². The second kappa shape index (κ2) is 8.44. The highest BCUT2D eigenvalue weighted by atomic mass is 16.5. The first-order valence-corrected chi connectivity index (χ1v) is 7.85. The lowest BCUT2D eigenvalue weighted by Gasteiger charge is -2.15. The van der Waals surface area contributed by atoms with Gasteiger partial charge in [-0.25, -0.2) is 0 Å². The van der Waals surface area contributed by atoms with Gasteiger partial charge in [-0.15, -0.1) is 0 Å². The highest BCUT2D eigenvalue weighted by Gasteiger charge is 2.07. The molecule has 0 aliphatic rings. The van der Waals surface area contributed by atoms with Crippen LogP contribution in [0.1, 0.15) is 30.9 Å². The van der Waals surface area contributed by atoms with Gasteiger partial charge in [0.15, 0.2) is 0 Å². The third kappa shape index (κ3) is 4.50. The number of benzene rings is 2. The Labute approximate surface area is 133 Å². The molecular formula is C19H25NO2. The summed E-state index contributed by atoms with van der Waals surface area (Å²) in [6.45, 7) is 6.01. The van der Waals surface area contributed by atoms with Gasteiger partial charge in [-0.2, -0.15) is 0 Å². The average Bonchev–Trinajstić information content (AvgIpc) is 2.53. The minimum atomic E-state index is 0.447. The van der Waals surface area contributed by atoms with Crippen LogP contribution in [0, 0.1) is 0 Å². The Morgan fingerprint density at radius 3 is 2.14 bits per heavy atom. The summed E-state index contributed by atoms with van der Waals surface area (Å²) in [5, 5.41) is 0. The molecule has 0 heterocycles. The lowest BCUT2D eigenvalue weighted by atomic mass is 10.0. The molecule has 0 aliphatic carbocycles. The average molecular weight is 299 g/mol. The predicted molar refractivity (Wildman–Crippen MR) is 90.7 cm³/mol. The van der Waals surface area contributed by atoms with Crippen molar-refractivity contribution in [2.75, 3.05) is 19.8 Å². The van der Waals surface area contributed by atoms with Crippen LogP contribution in [0.5, 0.6) is 11.5 Å². The third-order valence-corrected chi connectivity index (χ3v) is 3.53. The van der Waals surface area contributed by atoms with Crippen LogP contribution < -0.4 is 15.2 Å². The maximum Gasteiger partial charge on any atom is 0.122 e. The normalized spacial score (nSPS) is 10.7. The Morgan fingerprint density at radius 1 is 0.864 bits per heavy atom. The van der Waals surface area contributed by atoms with Gasteiger partial charge in [0.1, 0.15) is 24.7 Å². The SMILES string of the molecule is CC(C)c1ccccc1OCCOc1ccccc1CCN. The summed E-state index contributed by atoms with van der Waals surface area (Å²) in [7, 11) is 0. The molecule has 0 unspecified atom stereocenters. The van der Waals surface area contributed by atoms with E-state index in [4.69, 9.17) is 15.2 Å². The van der Waals surface area contributed by atoms with Gasteiger partial charge in [-0.05, 0) is 42.1 Å². The quantitative estimate of drug-likeness (QED) is 0.755. The van der Waals surface area contributed by atoms with E-state index in [9.17, 15) is 0 Å². The zero-order chi connectivity index (χ0) is 15.8. The van der Waals surface area contributed by atoms with Crippen LogP contribution in [-0.4, -0.2) is 19.8 Å². The molecule has 0 spiro atoms. The number of rotatable bonds is 8. The highest BCUT2D eigenvalue weighted by Crippen LogP contribution is 2.25. The van der Waals surface area contributed by atoms with Crippen LogP contribution in [0.25, 0.3) is 0 Å². The monoisotopic (exact) mass is 299 g/mol. The Balaban J connectivity index is 1.88. The molecule has 0 fully saturated rings. The van der Waals surface area contributed by atoms with E-state index in [2.05, 4.69) is 26.0 Å². The summed E-state index contributed by atoms with van der Waals surface area (Å²) >= 11 is 0. The second-order valence-corrected chi connectivity index (χ2v) is 5.54. The Morgan fingerprint density at radius 2 is 1.45 bits per heavy atom. The minimum Gasteiger partial charge on any atom is -0.490 e. The molecule has 2 aromatic carbocycles. The van der Waals surface area contributed by atoms with E-state index in [1.807, 2.05) is 36.4 Å². The van der Waals surface area contributed by atoms with Crippen molar-refractivity contribution in [3.8, 4) is 11.5 Å². The second-order valence-electron chi connectivity index (χ2n) is 5.54. The van der Waals surface area contributed by atoms with Gasteiger partial charge in [-0.1, -0.05) is 50.2 Å². The van der Waals surface area contributed by atoms with Gasteiger partial charge in [0, 0.05) is 0 Å². The molecular weight excluding hydrogens is 274 g/mol. The fourth-order valence-electron chi connectivity index (χ4n) is 2.40. The number of ether oxygens (including phenoxy) is 2. The first kappa shape index (κ1) is 16.4. The number of hydrogen-bond donors (Lipinski definition) is 1. The van der Waals surface area contributed by atoms with Crippen molar-refractivity contribution in [1.82, 2.24) is 0 Å². The van der Waals surface area contributed by atoms with E-state index in [-0.39, 0.29) is 0 Å². The molecule has 0 radical (unpaired) electrons. The summed E-state index contributed by atoms with van der Waals surface area (Å²) in [6, 6.07) is 16.2. The van der Waals surface area contributed by atoms with E-state index in [0.717, 1.165) is 23.5 Å². The number of nitrogens with two attached hydrogens (primary N) is 1. The summed E-state index contributed by atoms with van der Waals surface area (Å²) in [4.78, 5) is 0. The molecule has 118 valence electrons. The standard InChI is InChI=1S/C19H25NO2/c1-15(2)17-8-4-6-10-19(17)22-14-13-21-18-9-5-3-7-16(18)11-12-20/h3-10,15H,11-14,20H2,1-2H3. The van der Waals surface area contributed by atoms with Crippen molar-refractivity contribution in [1.29, 1.82) is 0 Å². The molecule has 22 heavy (non-hydrogen) atoms. The number of para-hydroxylation sites is 2. The molecule has 0 saturated heterocycles. The van der Waals surface area contributed by atoms with Gasteiger partial charge in [0.25, 0.3) is 0 Å². The summed E-state index contributed by atoms with van der Waals surface area (Å²) in [5.41, 5.74) is 8.00. The Kier molecular flexibility index (Phi) is 6.28. The lowest BCUT2D eigenvalue weighted by molar-refractivity contribution is 0.214. The molecule has 0 amide bonds. The van der Waals surface area contributed by atoms with E-state index in [1.54, 1.807) is 0 Å². The largest absolute Gasteiger partial charge is 0.490 e. The van der Waals surface area contributed by atoms with Gasteiger partial charge in [-0.3, -0.25) is 0 Å². The molecule has 2 aromatic rings. The first-order valence-electron chi connectivity index (χ1n) is 7.85. The minimum absolute atomic E-state index is 0.447. The van der Waals surface area contributed by atoms with Gasteiger partial charge in [0.2, 0.25) is 0 Å². The Hall–Kier alpha value is -2.00. The van der Waals surface area contributed by atoms with Crippen LogP contribution in [0.3, 0.4) is 0 Å². The van der Waals surface area contributed by atoms with E-state index in [0.29, 0.717) is 25.7 Å². The lowest BCUT2D eigenvalue weighted by Crippen LogP contribution is -2.12. The van der Waals surface area contributed by atoms with Crippen LogP contribution in [0.2, 0.25) is 0 Å². The molecule has 3 nitrogen and oxygen atoms in total. The van der Waals surface area contributed by atoms with Crippen LogP contribution in [-0.2, 0) is 6.42 Å². The molecule has 2 N–H and O–H groups in total. The maximum atomic E-state index is 5.87. The predicted octanol–water partition coefficient (Wildman–Crippen LogP) is 3.77. The fourth-order valence-corrected chi connectivity index (χ4v) is 2.40. The van der Waals surface area contributed by atoms with Crippen LogP contribution >= 0.6 is 0 Å². The van der Waals surface area contributed by atoms with Gasteiger partial charge >= 0.3 is 0 Å². The summed E-state index contributed by atoms with van der Waals surface area (Å²) in [6.07, 6.45) is 0.827. The molecule has 0 saturated carbocycles. The van der Waals surface area contributed by atoms with Gasteiger partial charge < -0.3 is 15.2 Å². The van der Waals surface area contributed by atoms with Crippen molar-refractivity contribution < 1.29 is 9.47 Å². The topological polar surface area (TPSA) is 44.5 Å². The highest BCUT2D eigenvalue weighted by molar-refractivity contribution is 5.36. The Bertz CT molecular complexity index is 581. The van der Waals surface area contributed by atoms with E-state index >= 15 is 0 Å². The smallest absolute Gasteiger partial charge is 0.122 e. The fraction of sp³-hybridized carbons (Fsp3) is 0.368. The molecule has 0 bridgehead atoms. The van der Waals surface area contributed by atoms with Crippen molar-refractivity contribution in [2.24, 2.45) is 5.73 Å². The molecule has 3 heteroatoms. The van der Waals surface area contributed by atoms with Crippen LogP contribution in [0.15, 0.2) is 48.5 Å². The van der Waals surface area contributed by atoms with E-state index < -0.39 is 0 Å². The third-order valence-electron chi connectivity index (χ3n) is 3.53. The summed E-state index contributed by atoms with van der Waals surface area (Å²) < 4.78 is 11.7. The van der Waals surface area contributed by atoms with Crippen LogP contribution in [0.4, 0.5) is 0 Å². The zero-order valence-corrected chi connectivity index (χ0v) is 13.4. The molecule has 2 rings (SSSR count). The maximum absolute atomic E-state index is 5.87. The van der Waals surface area contributed by atoms with Crippen molar-refractivity contribution >= 4 is 0 Å². The van der Waals surface area contributed by atoms with Crippen molar-refractivity contribution in [2.45, 2.75) is 26.2 Å². The molecule has 0 aliphatic heterocycles. The molecule has 0 atom stereocenters. The molecule has 0 aromatic heterocycles. The zero-order valence-electron chi connectivity index (χ0n) is 13.4. The first-order chi connectivity index (χ1) is 10.7. The van der Waals surface area contributed by atoms with E-state index in [1.165, 1.54) is 5.56 Å². The number of hydrogen-bond acceptors (Lipinski definition) is 3.